The summed E-state index contributed by atoms with van der Waals surface area (Å²) < 4.78 is 1.74. The zero-order valence-electron chi connectivity index (χ0n) is 15.9. The number of rotatable bonds is 6. The van der Waals surface area contributed by atoms with Gasteiger partial charge in [-0.1, -0.05) is 43.8 Å². The fourth-order valence-corrected chi connectivity index (χ4v) is 3.33. The quantitative estimate of drug-likeness (QED) is 0.513. The van der Waals surface area contributed by atoms with Gasteiger partial charge in [0.15, 0.2) is 0 Å². The number of hydrogen-bond donors (Lipinski definition) is 1. The first kappa shape index (κ1) is 19.1. The molecule has 0 bridgehead atoms. The maximum absolute atomic E-state index is 12.5. The first-order valence-electron chi connectivity index (χ1n) is 8.82. The maximum atomic E-state index is 12.5. The normalized spacial score (nSPS) is 11.0. The Kier molecular flexibility index (Phi) is 5.91. The molecule has 0 radical (unpaired) electrons. The van der Waals surface area contributed by atoms with Crippen LogP contribution in [0.5, 0.6) is 0 Å². The lowest BCUT2D eigenvalue weighted by molar-refractivity contribution is -0.113. The maximum Gasteiger partial charge on any atom is 0.235 e. The van der Waals surface area contributed by atoms with Crippen LogP contribution >= 0.6 is 11.8 Å². The second-order valence-electron chi connectivity index (χ2n) is 6.62. The molecule has 2 heterocycles. The Morgan fingerprint density at radius 2 is 1.85 bits per heavy atom. The molecule has 0 atom stereocenters. The summed E-state index contributed by atoms with van der Waals surface area (Å²) in [6, 6.07) is 13.5. The lowest BCUT2D eigenvalue weighted by Gasteiger charge is -2.10. The SMILES string of the molecule is Cc1cc(SCC(=O)Nc2cc(C)nn2-c2ccccc2)nc(C(C)C)n1. The van der Waals surface area contributed by atoms with Crippen LogP contribution in [0.3, 0.4) is 0 Å². The van der Waals surface area contributed by atoms with Crippen molar-refractivity contribution in [3.05, 3.63) is 59.7 Å². The van der Waals surface area contributed by atoms with E-state index in [9.17, 15) is 4.79 Å². The van der Waals surface area contributed by atoms with Gasteiger partial charge in [0.1, 0.15) is 16.7 Å². The predicted molar refractivity (Wildman–Crippen MR) is 109 cm³/mol. The van der Waals surface area contributed by atoms with E-state index < -0.39 is 0 Å². The molecule has 7 heteroatoms. The summed E-state index contributed by atoms with van der Waals surface area (Å²) in [7, 11) is 0. The Hall–Kier alpha value is -2.67. The summed E-state index contributed by atoms with van der Waals surface area (Å²) >= 11 is 1.41. The van der Waals surface area contributed by atoms with Crippen LogP contribution in [0.1, 0.15) is 37.0 Å². The third-order valence-corrected chi connectivity index (χ3v) is 4.73. The average molecular weight is 382 g/mol. The van der Waals surface area contributed by atoms with Gasteiger partial charge in [0, 0.05) is 17.7 Å². The van der Waals surface area contributed by atoms with Crippen molar-refractivity contribution >= 4 is 23.5 Å². The van der Waals surface area contributed by atoms with Gasteiger partial charge in [-0.25, -0.2) is 14.6 Å². The van der Waals surface area contributed by atoms with E-state index in [2.05, 4.69) is 34.2 Å². The van der Waals surface area contributed by atoms with E-state index >= 15 is 0 Å². The van der Waals surface area contributed by atoms with Gasteiger partial charge in [0.25, 0.3) is 0 Å². The molecule has 0 saturated heterocycles. The molecule has 3 aromatic rings. The fourth-order valence-electron chi connectivity index (χ4n) is 2.57. The molecule has 0 aliphatic rings. The van der Waals surface area contributed by atoms with Crippen LogP contribution in [-0.2, 0) is 4.79 Å². The van der Waals surface area contributed by atoms with Gasteiger partial charge < -0.3 is 5.32 Å². The molecule has 1 amide bonds. The van der Waals surface area contributed by atoms with Gasteiger partial charge in [-0.05, 0) is 32.0 Å². The number of aromatic nitrogens is 4. The second-order valence-corrected chi connectivity index (χ2v) is 7.61. The number of nitrogens with one attached hydrogen (secondary N) is 1. The molecule has 140 valence electrons. The number of hydrogen-bond acceptors (Lipinski definition) is 5. The minimum absolute atomic E-state index is 0.0977. The monoisotopic (exact) mass is 381 g/mol. The largest absolute Gasteiger partial charge is 0.310 e. The Morgan fingerprint density at radius 1 is 1.11 bits per heavy atom. The number of aryl methyl sites for hydroxylation is 2. The standard InChI is InChI=1S/C20H23N5OS/c1-13(2)20-21-14(3)11-19(23-20)27-12-18(26)22-17-10-15(4)24-25(17)16-8-6-5-7-9-16/h5-11,13H,12H2,1-4H3,(H,22,26). The Balaban J connectivity index is 1.69. The van der Waals surface area contributed by atoms with Crippen LogP contribution in [0.25, 0.3) is 5.69 Å². The van der Waals surface area contributed by atoms with Gasteiger partial charge in [-0.2, -0.15) is 5.10 Å². The zero-order valence-corrected chi connectivity index (χ0v) is 16.7. The van der Waals surface area contributed by atoms with Crippen molar-refractivity contribution in [3.8, 4) is 5.69 Å². The number of benzene rings is 1. The van der Waals surface area contributed by atoms with Crippen LogP contribution in [0.15, 0.2) is 47.5 Å². The van der Waals surface area contributed by atoms with Crippen molar-refractivity contribution in [3.63, 3.8) is 0 Å². The Bertz CT molecular complexity index is 937. The summed E-state index contributed by atoms with van der Waals surface area (Å²) in [6.07, 6.45) is 0. The van der Waals surface area contributed by atoms with E-state index in [1.807, 2.05) is 56.3 Å². The topological polar surface area (TPSA) is 72.7 Å². The smallest absolute Gasteiger partial charge is 0.235 e. The van der Waals surface area contributed by atoms with Crippen LogP contribution < -0.4 is 5.32 Å². The third-order valence-electron chi connectivity index (χ3n) is 3.82. The summed E-state index contributed by atoms with van der Waals surface area (Å²) in [5.41, 5.74) is 2.66. The summed E-state index contributed by atoms with van der Waals surface area (Å²) in [4.78, 5) is 21.4. The highest BCUT2D eigenvalue weighted by Crippen LogP contribution is 2.21. The first-order chi connectivity index (χ1) is 12.9. The van der Waals surface area contributed by atoms with Gasteiger partial charge in [0.2, 0.25) is 5.91 Å². The molecule has 0 aliphatic heterocycles. The van der Waals surface area contributed by atoms with Gasteiger partial charge in [-0.3, -0.25) is 4.79 Å². The van der Waals surface area contributed by atoms with Crippen LogP contribution in [-0.4, -0.2) is 31.4 Å². The number of carbonyl (C=O) groups excluding carboxylic acids is 1. The minimum Gasteiger partial charge on any atom is -0.310 e. The van der Waals surface area contributed by atoms with Crippen molar-refractivity contribution in [1.82, 2.24) is 19.7 Å². The van der Waals surface area contributed by atoms with Crippen LogP contribution in [0, 0.1) is 13.8 Å². The molecule has 0 saturated carbocycles. The van der Waals surface area contributed by atoms with Crippen molar-refractivity contribution in [1.29, 1.82) is 0 Å². The van der Waals surface area contributed by atoms with E-state index in [1.54, 1.807) is 4.68 Å². The Morgan fingerprint density at radius 3 is 2.56 bits per heavy atom. The van der Waals surface area contributed by atoms with Crippen molar-refractivity contribution in [2.45, 2.75) is 38.6 Å². The predicted octanol–water partition coefficient (Wildman–Crippen LogP) is 4.13. The van der Waals surface area contributed by atoms with E-state index in [0.717, 1.165) is 27.9 Å². The Labute approximate surface area is 163 Å². The molecule has 27 heavy (non-hydrogen) atoms. The minimum atomic E-state index is -0.0977. The molecule has 1 N–H and O–H groups in total. The van der Waals surface area contributed by atoms with E-state index in [0.29, 0.717) is 5.82 Å². The average Bonchev–Trinajstić information content (AvgIpc) is 3.00. The van der Waals surface area contributed by atoms with Gasteiger partial charge in [-0.15, -0.1) is 0 Å². The highest BCUT2D eigenvalue weighted by atomic mass is 32.2. The van der Waals surface area contributed by atoms with Crippen molar-refractivity contribution in [2.75, 3.05) is 11.1 Å². The molecule has 0 unspecified atom stereocenters. The van der Waals surface area contributed by atoms with Gasteiger partial charge >= 0.3 is 0 Å². The van der Waals surface area contributed by atoms with E-state index in [4.69, 9.17) is 0 Å². The first-order valence-corrected chi connectivity index (χ1v) is 9.81. The molecule has 0 fully saturated rings. The molecular formula is C20H23N5OS. The fraction of sp³-hybridized carbons (Fsp3) is 0.300. The van der Waals surface area contributed by atoms with Crippen LogP contribution in [0.2, 0.25) is 0 Å². The number of nitrogens with zero attached hydrogens (tertiary/aromatic N) is 4. The van der Waals surface area contributed by atoms with Crippen LogP contribution in [0.4, 0.5) is 5.82 Å². The highest BCUT2D eigenvalue weighted by molar-refractivity contribution is 7.99. The highest BCUT2D eigenvalue weighted by Gasteiger charge is 2.13. The number of anilines is 1. The van der Waals surface area contributed by atoms with Gasteiger partial charge in [0.05, 0.1) is 17.1 Å². The third kappa shape index (κ3) is 4.95. The molecule has 0 aliphatic carbocycles. The summed E-state index contributed by atoms with van der Waals surface area (Å²) in [5, 5.41) is 8.23. The number of amides is 1. The molecule has 2 aromatic heterocycles. The number of carbonyl (C=O) groups is 1. The molecular weight excluding hydrogens is 358 g/mol. The summed E-state index contributed by atoms with van der Waals surface area (Å²) in [5.74, 6) is 1.88. The molecule has 1 aromatic carbocycles. The lowest BCUT2D eigenvalue weighted by atomic mass is 10.2. The van der Waals surface area contributed by atoms with Crippen molar-refractivity contribution < 1.29 is 4.79 Å². The second kappa shape index (κ2) is 8.35. The lowest BCUT2D eigenvalue weighted by Crippen LogP contribution is -2.17. The number of thioether (sulfide) groups is 1. The van der Waals surface area contributed by atoms with E-state index in [1.165, 1.54) is 11.8 Å². The zero-order chi connectivity index (χ0) is 19.4. The molecule has 6 nitrogen and oxygen atoms in total. The van der Waals surface area contributed by atoms with E-state index in [-0.39, 0.29) is 17.6 Å². The van der Waals surface area contributed by atoms with Crippen molar-refractivity contribution in [2.24, 2.45) is 0 Å². The molecule has 3 rings (SSSR count). The summed E-state index contributed by atoms with van der Waals surface area (Å²) in [6.45, 7) is 7.96. The number of para-hydroxylation sites is 1. The molecule has 0 spiro atoms.